The molecule has 0 unspecified atom stereocenters. The quantitative estimate of drug-likeness (QED) is 0.482. The minimum Gasteiger partial charge on any atom is -0.506 e. The van der Waals surface area contributed by atoms with Gasteiger partial charge in [0.15, 0.2) is 11.3 Å². The maximum Gasteiger partial charge on any atom is 0.204 e. The average molecular weight is 378 g/mol. The predicted molar refractivity (Wildman–Crippen MR) is 110 cm³/mol. The molecule has 0 radical (unpaired) electrons. The van der Waals surface area contributed by atoms with E-state index in [0.717, 1.165) is 5.57 Å². The van der Waals surface area contributed by atoms with Crippen LogP contribution < -0.4 is 10.2 Å². The standard InChI is InChI=1S/C23H22O5/c1-12(2)8-9-15-20-14(10-11-23(3,4)28-20)19(26)17-18(25)13-6-5-7-16(24)21(13)27-22(15)17/h5-8,10-11,24,26H,9H2,1-4H3. The second kappa shape index (κ2) is 6.16. The average Bonchev–Trinajstić information content (AvgIpc) is 2.61. The van der Waals surface area contributed by atoms with E-state index < -0.39 is 5.60 Å². The molecule has 0 amide bonds. The van der Waals surface area contributed by atoms with Gasteiger partial charge in [-0.1, -0.05) is 17.7 Å². The van der Waals surface area contributed by atoms with Crippen molar-refractivity contribution in [1.82, 2.24) is 0 Å². The van der Waals surface area contributed by atoms with Crippen molar-refractivity contribution in [2.75, 3.05) is 0 Å². The highest BCUT2D eigenvalue weighted by atomic mass is 16.5. The monoisotopic (exact) mass is 378 g/mol. The van der Waals surface area contributed by atoms with E-state index in [4.69, 9.17) is 9.15 Å². The van der Waals surface area contributed by atoms with Crippen LogP contribution in [0.2, 0.25) is 0 Å². The Labute approximate surface area is 162 Å². The molecular weight excluding hydrogens is 356 g/mol. The fourth-order valence-electron chi connectivity index (χ4n) is 3.48. The van der Waals surface area contributed by atoms with E-state index in [9.17, 15) is 15.0 Å². The van der Waals surface area contributed by atoms with Crippen LogP contribution >= 0.6 is 0 Å². The second-order valence-corrected chi connectivity index (χ2v) is 7.88. The van der Waals surface area contributed by atoms with Crippen molar-refractivity contribution in [3.05, 3.63) is 57.3 Å². The van der Waals surface area contributed by atoms with E-state index in [0.29, 0.717) is 23.3 Å². The molecule has 28 heavy (non-hydrogen) atoms. The number of benzene rings is 2. The zero-order chi connectivity index (χ0) is 20.2. The molecule has 4 rings (SSSR count). The lowest BCUT2D eigenvalue weighted by Crippen LogP contribution is -2.28. The van der Waals surface area contributed by atoms with Crippen molar-refractivity contribution in [2.24, 2.45) is 0 Å². The number of phenols is 2. The number of phenolic OH excluding ortho intramolecular Hbond substituents is 2. The Morgan fingerprint density at radius 2 is 1.93 bits per heavy atom. The zero-order valence-electron chi connectivity index (χ0n) is 16.3. The molecule has 2 heterocycles. The first-order valence-corrected chi connectivity index (χ1v) is 9.17. The van der Waals surface area contributed by atoms with Gasteiger partial charge >= 0.3 is 0 Å². The first kappa shape index (κ1) is 18.2. The third-order valence-electron chi connectivity index (χ3n) is 4.91. The Bertz CT molecular complexity index is 1240. The fourth-order valence-corrected chi connectivity index (χ4v) is 3.48. The number of rotatable bonds is 2. The van der Waals surface area contributed by atoms with Crippen LogP contribution in [0.5, 0.6) is 17.2 Å². The van der Waals surface area contributed by atoms with Crippen LogP contribution in [-0.2, 0) is 6.42 Å². The normalized spacial score (nSPS) is 14.7. The minimum absolute atomic E-state index is 0.0990. The van der Waals surface area contributed by atoms with E-state index in [1.165, 1.54) is 6.07 Å². The maximum atomic E-state index is 13.2. The van der Waals surface area contributed by atoms with Gasteiger partial charge in [0.1, 0.15) is 28.1 Å². The van der Waals surface area contributed by atoms with Gasteiger partial charge in [-0.05, 0) is 58.4 Å². The molecule has 5 nitrogen and oxygen atoms in total. The maximum absolute atomic E-state index is 13.2. The summed E-state index contributed by atoms with van der Waals surface area (Å²) in [5.41, 5.74) is 1.63. The van der Waals surface area contributed by atoms with Gasteiger partial charge in [0, 0.05) is 5.56 Å². The Morgan fingerprint density at radius 1 is 1.18 bits per heavy atom. The molecule has 0 saturated heterocycles. The molecule has 144 valence electrons. The molecule has 2 aromatic carbocycles. The zero-order valence-corrected chi connectivity index (χ0v) is 16.3. The van der Waals surface area contributed by atoms with Crippen LogP contribution in [0.15, 0.2) is 45.1 Å². The summed E-state index contributed by atoms with van der Waals surface area (Å²) < 4.78 is 12.1. The molecule has 2 N–H and O–H groups in total. The summed E-state index contributed by atoms with van der Waals surface area (Å²) in [7, 11) is 0. The fraction of sp³-hybridized carbons (Fsp3) is 0.261. The molecular formula is C23H22O5. The first-order chi connectivity index (χ1) is 13.2. The highest BCUT2D eigenvalue weighted by Gasteiger charge is 2.30. The number of ether oxygens (including phenoxy) is 1. The lowest BCUT2D eigenvalue weighted by atomic mass is 9.94. The van der Waals surface area contributed by atoms with Crippen molar-refractivity contribution in [3.8, 4) is 17.2 Å². The van der Waals surface area contributed by atoms with Crippen LogP contribution in [-0.4, -0.2) is 15.8 Å². The summed E-state index contributed by atoms with van der Waals surface area (Å²) in [6.07, 6.45) is 6.11. The highest BCUT2D eigenvalue weighted by Crippen LogP contribution is 2.45. The lowest BCUT2D eigenvalue weighted by Gasteiger charge is -2.30. The Kier molecular flexibility index (Phi) is 4.00. The summed E-state index contributed by atoms with van der Waals surface area (Å²) >= 11 is 0. The molecule has 0 aliphatic carbocycles. The Morgan fingerprint density at radius 3 is 2.64 bits per heavy atom. The molecule has 0 spiro atoms. The number of allylic oxidation sites excluding steroid dienone is 2. The summed E-state index contributed by atoms with van der Waals surface area (Å²) in [5.74, 6) is 0.202. The SMILES string of the molecule is CC(C)=CCc1c2c(c(O)c3c(=O)c4cccc(O)c4oc13)C=CC(C)(C)O2. The molecule has 5 heteroatoms. The minimum atomic E-state index is -0.563. The Hall–Kier alpha value is -3.21. The van der Waals surface area contributed by atoms with Gasteiger partial charge in [0.2, 0.25) is 5.43 Å². The smallest absolute Gasteiger partial charge is 0.204 e. The van der Waals surface area contributed by atoms with Gasteiger partial charge in [-0.25, -0.2) is 0 Å². The highest BCUT2D eigenvalue weighted by molar-refractivity contribution is 6.00. The largest absolute Gasteiger partial charge is 0.506 e. The van der Waals surface area contributed by atoms with Crippen LogP contribution in [0.3, 0.4) is 0 Å². The third kappa shape index (κ3) is 2.74. The lowest BCUT2D eigenvalue weighted by molar-refractivity contribution is 0.157. The molecule has 3 aromatic rings. The summed E-state index contributed by atoms with van der Waals surface area (Å²) in [4.78, 5) is 13.2. The van der Waals surface area contributed by atoms with Gasteiger partial charge in [-0.2, -0.15) is 0 Å². The second-order valence-electron chi connectivity index (χ2n) is 7.88. The van der Waals surface area contributed by atoms with E-state index in [1.54, 1.807) is 18.2 Å². The molecule has 0 fully saturated rings. The van der Waals surface area contributed by atoms with Gasteiger partial charge in [0.25, 0.3) is 0 Å². The number of hydrogen-bond acceptors (Lipinski definition) is 5. The van der Waals surface area contributed by atoms with E-state index in [2.05, 4.69) is 0 Å². The van der Waals surface area contributed by atoms with E-state index >= 15 is 0 Å². The van der Waals surface area contributed by atoms with Crippen LogP contribution in [0.4, 0.5) is 0 Å². The summed E-state index contributed by atoms with van der Waals surface area (Å²) in [5, 5.41) is 21.4. The predicted octanol–water partition coefficient (Wildman–Crippen LogP) is 5.05. The van der Waals surface area contributed by atoms with Gasteiger partial charge in [0.05, 0.1) is 10.9 Å². The molecule has 0 bridgehead atoms. The number of aromatic hydroxyl groups is 2. The van der Waals surface area contributed by atoms with Crippen molar-refractivity contribution in [2.45, 2.75) is 39.7 Å². The topological polar surface area (TPSA) is 79.9 Å². The van der Waals surface area contributed by atoms with Crippen LogP contribution in [0, 0.1) is 0 Å². The number of para-hydroxylation sites is 1. The van der Waals surface area contributed by atoms with Crippen molar-refractivity contribution >= 4 is 28.0 Å². The Balaban J connectivity index is 2.21. The molecule has 1 aliphatic heterocycles. The van der Waals surface area contributed by atoms with Crippen molar-refractivity contribution < 1.29 is 19.4 Å². The molecule has 1 aromatic heterocycles. The van der Waals surface area contributed by atoms with Crippen LogP contribution in [0.25, 0.3) is 28.0 Å². The van der Waals surface area contributed by atoms with Crippen molar-refractivity contribution in [3.63, 3.8) is 0 Å². The van der Waals surface area contributed by atoms with Gasteiger partial charge in [-0.3, -0.25) is 4.79 Å². The molecule has 1 aliphatic rings. The van der Waals surface area contributed by atoms with Crippen LogP contribution in [0.1, 0.15) is 38.8 Å². The van der Waals surface area contributed by atoms with Gasteiger partial charge in [-0.15, -0.1) is 0 Å². The summed E-state index contributed by atoms with van der Waals surface area (Å²) in [6, 6.07) is 4.61. The summed E-state index contributed by atoms with van der Waals surface area (Å²) in [6.45, 7) is 7.80. The van der Waals surface area contributed by atoms with E-state index in [1.807, 2.05) is 39.8 Å². The van der Waals surface area contributed by atoms with E-state index in [-0.39, 0.29) is 38.9 Å². The molecule has 0 atom stereocenters. The first-order valence-electron chi connectivity index (χ1n) is 9.17. The molecule has 0 saturated carbocycles. The van der Waals surface area contributed by atoms with Gasteiger partial charge < -0.3 is 19.4 Å². The number of hydrogen-bond donors (Lipinski definition) is 2. The number of fused-ring (bicyclic) bond motifs is 3. The third-order valence-corrected chi connectivity index (χ3v) is 4.91. The van der Waals surface area contributed by atoms with Crippen molar-refractivity contribution in [1.29, 1.82) is 0 Å².